The Bertz CT molecular complexity index is 1050. The van der Waals surface area contributed by atoms with Crippen molar-refractivity contribution >= 4 is 11.5 Å². The van der Waals surface area contributed by atoms with Gasteiger partial charge >= 0.3 is 0 Å². The molecule has 3 rings (SSSR count). The van der Waals surface area contributed by atoms with Crippen LogP contribution in [0.1, 0.15) is 73.3 Å². The third-order valence-electron chi connectivity index (χ3n) is 6.01. The first kappa shape index (κ1) is 28.3. The summed E-state index contributed by atoms with van der Waals surface area (Å²) in [5.41, 5.74) is 2.85. The Morgan fingerprint density at radius 1 is 1.20 bits per heavy atom. The number of allylic oxidation sites excluding steroid dienone is 1. The molecule has 1 aliphatic rings. The topological polar surface area (TPSA) is 78.0 Å². The van der Waals surface area contributed by atoms with Crippen molar-refractivity contribution in [2.24, 2.45) is 17.3 Å². The number of rotatable bonds is 5. The molecule has 192 valence electrons. The number of nitrogens with one attached hydrogen (secondary N) is 1. The van der Waals surface area contributed by atoms with Crippen molar-refractivity contribution in [2.45, 2.75) is 84.8 Å². The van der Waals surface area contributed by atoms with Crippen LogP contribution in [-0.2, 0) is 7.05 Å². The van der Waals surface area contributed by atoms with E-state index < -0.39 is 0 Å². The van der Waals surface area contributed by atoms with Crippen LogP contribution in [0, 0.1) is 0 Å². The Kier molecular flexibility index (Phi) is 9.44. The van der Waals surface area contributed by atoms with E-state index in [1.165, 1.54) is 6.42 Å². The van der Waals surface area contributed by atoms with Crippen LogP contribution in [0.25, 0.3) is 11.3 Å². The molecule has 1 aromatic carbocycles. The average Bonchev–Trinajstić information content (AvgIpc) is 3.19. The van der Waals surface area contributed by atoms with Crippen molar-refractivity contribution in [3.8, 4) is 17.0 Å². The molecule has 0 aliphatic carbocycles. The summed E-state index contributed by atoms with van der Waals surface area (Å²) in [6.07, 6.45) is 6.78. The molecular formula is C28H44N6O. The fraction of sp³-hybridized carbons (Fsp3) is 0.536. The fourth-order valence-electron chi connectivity index (χ4n) is 4.68. The van der Waals surface area contributed by atoms with Crippen molar-refractivity contribution in [3.63, 3.8) is 0 Å². The Morgan fingerprint density at radius 3 is 2.29 bits per heavy atom. The number of benzene rings is 1. The normalized spacial score (nSPS) is 18.0. The minimum absolute atomic E-state index is 0.0532. The Hall–Kier alpha value is -2.93. The van der Waals surface area contributed by atoms with Crippen LogP contribution < -0.4 is 5.32 Å². The number of nitrogens with zero attached hydrogens (tertiary/aromatic N) is 5. The third-order valence-corrected chi connectivity index (χ3v) is 6.01. The molecule has 7 nitrogen and oxygen atoms in total. The maximum Gasteiger partial charge on any atom is 0.125 e. The molecule has 0 unspecified atom stereocenters. The van der Waals surface area contributed by atoms with Crippen LogP contribution in [0.3, 0.4) is 0 Å². The summed E-state index contributed by atoms with van der Waals surface area (Å²) in [5.74, 6) is 0.947. The van der Waals surface area contributed by atoms with Gasteiger partial charge in [-0.25, -0.2) is 0 Å². The molecule has 1 fully saturated rings. The largest absolute Gasteiger partial charge is 0.507 e. The zero-order valence-electron chi connectivity index (χ0n) is 23.1. The van der Waals surface area contributed by atoms with Gasteiger partial charge < -0.3 is 15.3 Å². The SMILES string of the molecule is C=C/C(=N\N=C(/C)N(C)C1CC(C)(C)NC(C)(C)C1)c1ccc(-c2ccn(C)n2)cc1O.CCC. The first-order chi connectivity index (χ1) is 16.3. The highest BCUT2D eigenvalue weighted by molar-refractivity contribution is 6.10. The van der Waals surface area contributed by atoms with Gasteiger partial charge in [-0.05, 0) is 71.7 Å². The van der Waals surface area contributed by atoms with Gasteiger partial charge in [-0.3, -0.25) is 4.68 Å². The van der Waals surface area contributed by atoms with E-state index in [-0.39, 0.29) is 16.8 Å². The van der Waals surface area contributed by atoms with Crippen LogP contribution in [0.5, 0.6) is 5.75 Å². The molecule has 1 saturated heterocycles. The number of phenols is 1. The van der Waals surface area contributed by atoms with Crippen LogP contribution in [0.4, 0.5) is 0 Å². The van der Waals surface area contributed by atoms with Crippen LogP contribution in [0.2, 0.25) is 0 Å². The average molecular weight is 481 g/mol. The summed E-state index contributed by atoms with van der Waals surface area (Å²) in [6.45, 7) is 19.1. The molecule has 0 amide bonds. The van der Waals surface area contributed by atoms with Crippen molar-refractivity contribution < 1.29 is 5.11 Å². The van der Waals surface area contributed by atoms with Crippen molar-refractivity contribution in [1.82, 2.24) is 20.0 Å². The number of hydrogen-bond acceptors (Lipinski definition) is 5. The molecule has 35 heavy (non-hydrogen) atoms. The highest BCUT2D eigenvalue weighted by Gasteiger charge is 2.39. The second-order valence-corrected chi connectivity index (χ2v) is 10.7. The van der Waals surface area contributed by atoms with Gasteiger partial charge in [-0.1, -0.05) is 32.9 Å². The smallest absolute Gasteiger partial charge is 0.125 e. The molecule has 0 bridgehead atoms. The van der Waals surface area contributed by atoms with Gasteiger partial charge in [0.2, 0.25) is 0 Å². The third kappa shape index (κ3) is 7.79. The molecule has 2 N–H and O–H groups in total. The summed E-state index contributed by atoms with van der Waals surface area (Å²) in [4.78, 5) is 2.21. The first-order valence-electron chi connectivity index (χ1n) is 12.4. The molecule has 0 radical (unpaired) electrons. The lowest BCUT2D eigenvalue weighted by molar-refractivity contribution is 0.113. The van der Waals surface area contributed by atoms with E-state index in [0.29, 0.717) is 17.3 Å². The van der Waals surface area contributed by atoms with Crippen molar-refractivity contribution in [2.75, 3.05) is 7.05 Å². The highest BCUT2D eigenvalue weighted by atomic mass is 16.3. The van der Waals surface area contributed by atoms with E-state index in [9.17, 15) is 5.11 Å². The summed E-state index contributed by atoms with van der Waals surface area (Å²) >= 11 is 0. The molecule has 1 aliphatic heterocycles. The van der Waals surface area contributed by atoms with Gasteiger partial charge in [0.1, 0.15) is 11.6 Å². The van der Waals surface area contributed by atoms with E-state index >= 15 is 0 Å². The lowest BCUT2D eigenvalue weighted by atomic mass is 9.79. The molecule has 2 aromatic rings. The minimum Gasteiger partial charge on any atom is -0.507 e. The number of hydrogen-bond donors (Lipinski definition) is 2. The Balaban J connectivity index is 0.00000137. The standard InChI is InChI=1S/C25H36N6O.C3H8/c1-9-21(20-11-10-18(14-23(20)32)22-12-13-30(7)28-22)27-26-17(2)31(8)19-15-24(3,4)29-25(5,6)16-19;1-3-2/h9-14,19,29,32H,1,15-16H2,2-8H3;3H2,1-2H3/b26-17+,27-21+;. The second-order valence-electron chi connectivity index (χ2n) is 10.7. The molecule has 0 saturated carbocycles. The fourth-order valence-corrected chi connectivity index (χ4v) is 4.68. The summed E-state index contributed by atoms with van der Waals surface area (Å²) in [7, 11) is 3.94. The predicted molar refractivity (Wildman–Crippen MR) is 148 cm³/mol. The zero-order chi connectivity index (χ0) is 26.4. The lowest BCUT2D eigenvalue weighted by Gasteiger charge is -2.49. The van der Waals surface area contributed by atoms with Crippen LogP contribution in [-0.4, -0.2) is 55.5 Å². The lowest BCUT2D eigenvalue weighted by Crippen LogP contribution is -2.62. The zero-order valence-corrected chi connectivity index (χ0v) is 23.1. The maximum atomic E-state index is 10.6. The van der Waals surface area contributed by atoms with Crippen LogP contribution in [0.15, 0.2) is 53.3 Å². The quantitative estimate of drug-likeness (QED) is 0.324. The molecule has 1 aromatic heterocycles. The highest BCUT2D eigenvalue weighted by Crippen LogP contribution is 2.31. The van der Waals surface area contributed by atoms with Crippen molar-refractivity contribution in [3.05, 3.63) is 48.7 Å². The maximum absolute atomic E-state index is 10.6. The van der Waals surface area contributed by atoms with Crippen LogP contribution >= 0.6 is 0 Å². The molecule has 7 heteroatoms. The van der Waals surface area contributed by atoms with Gasteiger partial charge in [0.15, 0.2) is 0 Å². The Labute approximate surface area is 211 Å². The van der Waals surface area contributed by atoms with Gasteiger partial charge in [0, 0.05) is 48.5 Å². The monoisotopic (exact) mass is 480 g/mol. The van der Waals surface area contributed by atoms with Gasteiger partial charge in [0.05, 0.1) is 11.4 Å². The number of aryl methyl sites for hydroxylation is 1. The van der Waals surface area contributed by atoms with Gasteiger partial charge in [0.25, 0.3) is 0 Å². The predicted octanol–water partition coefficient (Wildman–Crippen LogP) is 5.76. The van der Waals surface area contributed by atoms with E-state index in [0.717, 1.165) is 29.9 Å². The van der Waals surface area contributed by atoms with E-state index in [1.807, 2.05) is 38.4 Å². The summed E-state index contributed by atoms with van der Waals surface area (Å²) in [6, 6.07) is 7.70. The number of phenolic OH excluding ortho intramolecular Hbond substituents is 1. The van der Waals surface area contributed by atoms with Gasteiger partial charge in [-0.2, -0.15) is 5.10 Å². The number of piperidine rings is 1. The molecule has 0 spiro atoms. The first-order valence-corrected chi connectivity index (χ1v) is 12.4. The van der Waals surface area contributed by atoms with E-state index in [2.05, 4.69) is 80.7 Å². The Morgan fingerprint density at radius 2 is 1.80 bits per heavy atom. The second kappa shape index (κ2) is 11.7. The molecular weight excluding hydrogens is 436 g/mol. The number of aromatic nitrogens is 2. The summed E-state index contributed by atoms with van der Waals surface area (Å²) in [5, 5.41) is 27.6. The number of aromatic hydroxyl groups is 1. The van der Waals surface area contributed by atoms with Crippen molar-refractivity contribution in [1.29, 1.82) is 0 Å². The summed E-state index contributed by atoms with van der Waals surface area (Å²) < 4.78 is 1.73. The number of amidine groups is 1. The van der Waals surface area contributed by atoms with E-state index in [4.69, 9.17) is 0 Å². The minimum atomic E-state index is 0.0532. The molecule has 2 heterocycles. The molecule has 0 atom stereocenters. The van der Waals surface area contributed by atoms with Gasteiger partial charge in [-0.15, -0.1) is 10.2 Å². The van der Waals surface area contributed by atoms with E-state index in [1.54, 1.807) is 16.8 Å².